The molecule has 198 valence electrons. The highest BCUT2D eigenvalue weighted by Gasteiger charge is 2.19. The first kappa shape index (κ1) is 27.5. The molecule has 12 nitrogen and oxygen atoms in total. The third-order valence-electron chi connectivity index (χ3n) is 5.04. The van der Waals surface area contributed by atoms with Gasteiger partial charge in [-0.25, -0.2) is 10.2 Å². The van der Waals surface area contributed by atoms with E-state index in [-0.39, 0.29) is 22.7 Å². The Morgan fingerprint density at radius 2 is 1.68 bits per heavy atom. The summed E-state index contributed by atoms with van der Waals surface area (Å²) in [6, 6.07) is 13.8. The lowest BCUT2D eigenvalue weighted by Gasteiger charge is -2.13. The molecule has 0 unspecified atom stereocenters. The molecule has 3 aromatic rings. The average Bonchev–Trinajstić information content (AvgIpc) is 2.91. The Kier molecular flexibility index (Phi) is 9.19. The molecule has 0 heterocycles. The highest BCUT2D eigenvalue weighted by Crippen LogP contribution is 2.38. The number of esters is 1. The van der Waals surface area contributed by atoms with Gasteiger partial charge in [0, 0.05) is 6.07 Å². The number of hydrogen-bond donors (Lipinski definition) is 1. The topological polar surface area (TPSA) is 148 Å². The molecule has 12 heteroatoms. The highest BCUT2D eigenvalue weighted by molar-refractivity contribution is 5.93. The SMILES string of the molecule is COc1cc(C(=O)Oc2cccc(/C=N/NC(=O)COc3ccc(C)cc3[N+](=O)[O-])c2)cc(OC)c1OC. The Morgan fingerprint density at radius 3 is 2.32 bits per heavy atom. The van der Waals surface area contributed by atoms with Crippen molar-refractivity contribution >= 4 is 23.8 Å². The zero-order valence-corrected chi connectivity index (χ0v) is 21.0. The van der Waals surface area contributed by atoms with Crippen LogP contribution in [0.15, 0.2) is 59.7 Å². The van der Waals surface area contributed by atoms with Gasteiger partial charge in [-0.1, -0.05) is 18.2 Å². The standard InChI is InChI=1S/C26H25N3O9/c1-16-8-9-21(20(10-16)29(32)33)37-15-24(30)28-27-14-17-6-5-7-19(11-17)38-26(31)18-12-22(34-2)25(36-4)23(13-18)35-3/h5-14H,15H2,1-4H3,(H,28,30)/b27-14+. The van der Waals surface area contributed by atoms with Gasteiger partial charge >= 0.3 is 11.7 Å². The molecule has 0 saturated carbocycles. The van der Waals surface area contributed by atoms with Crippen LogP contribution in [0.2, 0.25) is 0 Å². The summed E-state index contributed by atoms with van der Waals surface area (Å²) in [5.74, 6) is -0.132. The molecule has 0 saturated heterocycles. The number of rotatable bonds is 11. The van der Waals surface area contributed by atoms with Gasteiger partial charge in [0.05, 0.1) is 38.0 Å². The zero-order valence-electron chi connectivity index (χ0n) is 21.0. The van der Waals surface area contributed by atoms with E-state index in [0.29, 0.717) is 28.4 Å². The Hall–Kier alpha value is -5.13. The maximum atomic E-state index is 12.7. The van der Waals surface area contributed by atoms with Gasteiger partial charge in [-0.15, -0.1) is 0 Å². The predicted octanol–water partition coefficient (Wildman–Crippen LogP) is 3.68. The molecule has 38 heavy (non-hydrogen) atoms. The van der Waals surface area contributed by atoms with E-state index in [2.05, 4.69) is 10.5 Å². The lowest BCUT2D eigenvalue weighted by Crippen LogP contribution is -2.24. The Balaban J connectivity index is 1.61. The molecular weight excluding hydrogens is 498 g/mol. The molecule has 0 aliphatic heterocycles. The summed E-state index contributed by atoms with van der Waals surface area (Å²) in [5.41, 5.74) is 3.43. The fourth-order valence-electron chi connectivity index (χ4n) is 3.27. The van der Waals surface area contributed by atoms with E-state index >= 15 is 0 Å². The van der Waals surface area contributed by atoms with Crippen LogP contribution in [0, 0.1) is 17.0 Å². The van der Waals surface area contributed by atoms with E-state index in [9.17, 15) is 19.7 Å². The number of aryl methyl sites for hydroxylation is 1. The van der Waals surface area contributed by atoms with Gasteiger partial charge in [-0.05, 0) is 48.4 Å². The largest absolute Gasteiger partial charge is 0.493 e. The van der Waals surface area contributed by atoms with Gasteiger partial charge in [-0.2, -0.15) is 5.10 Å². The van der Waals surface area contributed by atoms with Crippen molar-refractivity contribution < 1.29 is 38.2 Å². The molecule has 0 atom stereocenters. The molecule has 0 fully saturated rings. The predicted molar refractivity (Wildman–Crippen MR) is 137 cm³/mol. The van der Waals surface area contributed by atoms with Crippen molar-refractivity contribution in [1.82, 2.24) is 5.43 Å². The van der Waals surface area contributed by atoms with Crippen LogP contribution in [-0.2, 0) is 4.79 Å². The summed E-state index contributed by atoms with van der Waals surface area (Å²) < 4.78 is 26.5. The van der Waals surface area contributed by atoms with Crippen LogP contribution in [0.5, 0.6) is 28.7 Å². The van der Waals surface area contributed by atoms with Gasteiger partial charge in [-0.3, -0.25) is 14.9 Å². The van der Waals surface area contributed by atoms with Crippen molar-refractivity contribution in [1.29, 1.82) is 0 Å². The average molecular weight is 523 g/mol. The third-order valence-corrected chi connectivity index (χ3v) is 5.04. The lowest BCUT2D eigenvalue weighted by atomic mass is 10.1. The molecule has 0 aliphatic rings. The van der Waals surface area contributed by atoms with Crippen molar-refractivity contribution in [3.8, 4) is 28.7 Å². The maximum Gasteiger partial charge on any atom is 0.343 e. The van der Waals surface area contributed by atoms with Crippen LogP contribution < -0.4 is 29.1 Å². The summed E-state index contributed by atoms with van der Waals surface area (Å²) in [6.45, 7) is 1.23. The summed E-state index contributed by atoms with van der Waals surface area (Å²) in [4.78, 5) is 35.3. The summed E-state index contributed by atoms with van der Waals surface area (Å²) in [7, 11) is 4.33. The fourth-order valence-corrected chi connectivity index (χ4v) is 3.27. The number of nitrogens with zero attached hydrogens (tertiary/aromatic N) is 2. The van der Waals surface area contributed by atoms with Gasteiger partial charge in [0.25, 0.3) is 5.91 Å². The number of carbonyl (C=O) groups is 2. The maximum absolute atomic E-state index is 12.7. The number of ether oxygens (including phenoxy) is 5. The van der Waals surface area contributed by atoms with Gasteiger partial charge in [0.15, 0.2) is 23.9 Å². The number of nitrogens with one attached hydrogen (secondary N) is 1. The van der Waals surface area contributed by atoms with Crippen LogP contribution in [0.3, 0.4) is 0 Å². The minimum absolute atomic E-state index is 0.0265. The van der Waals surface area contributed by atoms with Gasteiger partial charge in [0.2, 0.25) is 5.75 Å². The molecular formula is C26H25N3O9. The first-order valence-corrected chi connectivity index (χ1v) is 11.1. The Labute approximate surface area is 217 Å². The molecule has 0 bridgehead atoms. The molecule has 3 aromatic carbocycles. The van der Waals surface area contributed by atoms with Crippen molar-refractivity contribution in [2.75, 3.05) is 27.9 Å². The summed E-state index contributed by atoms with van der Waals surface area (Å²) in [5, 5.41) is 15.0. The molecule has 3 rings (SSSR count). The van der Waals surface area contributed by atoms with Crippen LogP contribution in [0.1, 0.15) is 21.5 Å². The van der Waals surface area contributed by atoms with E-state index in [4.69, 9.17) is 23.7 Å². The van der Waals surface area contributed by atoms with Crippen LogP contribution >= 0.6 is 0 Å². The minimum Gasteiger partial charge on any atom is -0.493 e. The molecule has 1 N–H and O–H groups in total. The number of hydrogen-bond acceptors (Lipinski definition) is 10. The van der Waals surface area contributed by atoms with Crippen molar-refractivity contribution in [2.45, 2.75) is 6.92 Å². The van der Waals surface area contributed by atoms with Crippen molar-refractivity contribution in [3.63, 3.8) is 0 Å². The molecule has 0 aromatic heterocycles. The van der Waals surface area contributed by atoms with E-state index in [0.717, 1.165) is 0 Å². The number of amides is 1. The van der Waals surface area contributed by atoms with E-state index in [1.165, 1.54) is 57.9 Å². The fraction of sp³-hybridized carbons (Fsp3) is 0.192. The number of methoxy groups -OCH3 is 3. The first-order chi connectivity index (χ1) is 18.2. The van der Waals surface area contributed by atoms with Crippen molar-refractivity contribution in [2.24, 2.45) is 5.10 Å². The van der Waals surface area contributed by atoms with Gasteiger partial charge < -0.3 is 23.7 Å². The van der Waals surface area contributed by atoms with Crippen LogP contribution in [-0.4, -0.2) is 51.0 Å². The first-order valence-electron chi connectivity index (χ1n) is 11.1. The number of hydrazone groups is 1. The summed E-state index contributed by atoms with van der Waals surface area (Å²) in [6.07, 6.45) is 1.34. The molecule has 1 amide bonds. The smallest absolute Gasteiger partial charge is 0.343 e. The van der Waals surface area contributed by atoms with E-state index in [1.54, 1.807) is 31.2 Å². The van der Waals surface area contributed by atoms with E-state index < -0.39 is 23.4 Å². The normalized spacial score (nSPS) is 10.5. The van der Waals surface area contributed by atoms with Crippen molar-refractivity contribution in [3.05, 3.63) is 81.4 Å². The third kappa shape index (κ3) is 6.97. The second kappa shape index (κ2) is 12.7. The monoisotopic (exact) mass is 523 g/mol. The quantitative estimate of drug-likeness (QED) is 0.131. The van der Waals surface area contributed by atoms with Crippen LogP contribution in [0.4, 0.5) is 5.69 Å². The lowest BCUT2D eigenvalue weighted by molar-refractivity contribution is -0.385. The number of nitro benzene ring substituents is 1. The molecule has 0 aliphatic carbocycles. The Morgan fingerprint density at radius 1 is 0.974 bits per heavy atom. The summed E-state index contributed by atoms with van der Waals surface area (Å²) >= 11 is 0. The number of carbonyl (C=O) groups excluding carboxylic acids is 2. The number of benzene rings is 3. The molecule has 0 radical (unpaired) electrons. The molecule has 0 spiro atoms. The second-order valence-electron chi connectivity index (χ2n) is 7.69. The Bertz CT molecular complexity index is 1350. The zero-order chi connectivity index (χ0) is 27.7. The minimum atomic E-state index is -0.658. The highest BCUT2D eigenvalue weighted by atomic mass is 16.6. The van der Waals surface area contributed by atoms with Crippen LogP contribution in [0.25, 0.3) is 0 Å². The number of nitro groups is 1. The second-order valence-corrected chi connectivity index (χ2v) is 7.69. The van der Waals surface area contributed by atoms with E-state index in [1.807, 2.05) is 0 Å². The van der Waals surface area contributed by atoms with Gasteiger partial charge in [0.1, 0.15) is 5.75 Å².